The predicted molar refractivity (Wildman–Crippen MR) is 303 cm³/mol. The van der Waals surface area contributed by atoms with Gasteiger partial charge in [-0.3, -0.25) is 0 Å². The second-order valence-electron chi connectivity index (χ2n) is 23.6. The summed E-state index contributed by atoms with van der Waals surface area (Å²) in [5.74, 6) is -1.14. The third-order valence-electron chi connectivity index (χ3n) is 17.4. The molecule has 2 aromatic rings. The van der Waals surface area contributed by atoms with Crippen LogP contribution in [0.1, 0.15) is 5.56 Å². The van der Waals surface area contributed by atoms with E-state index < -0.39 is 267 Å². The van der Waals surface area contributed by atoms with Gasteiger partial charge in [0, 0.05) is 18.1 Å². The number of ether oxygens (including phenoxy) is 14. The molecule has 0 aliphatic carbocycles. The first kappa shape index (κ1) is 80.6. The summed E-state index contributed by atoms with van der Waals surface area (Å²) >= 11 is 12.1. The number of hydrogen-bond donors (Lipinski definition) is 22. The van der Waals surface area contributed by atoms with Crippen molar-refractivity contribution in [3.05, 3.63) is 58.1 Å². The molecule has 21 fully saturated rings. The van der Waals surface area contributed by atoms with Crippen LogP contribution in [0.25, 0.3) is 0 Å². The molecular weight excluding hydrogens is 1370 g/mol. The molecule has 23 rings (SSSR count). The number of carbonyl (C=O) groups is 1. The molecule has 38 nitrogen and oxygen atoms in total. The average Bonchev–Trinajstić information content (AvgIpc) is 0.782. The van der Waals surface area contributed by atoms with Gasteiger partial charge < -0.3 is 189 Å². The molecule has 0 radical (unpaired) electrons. The van der Waals surface area contributed by atoms with Gasteiger partial charge in [-0.2, -0.15) is 0 Å². The van der Waals surface area contributed by atoms with Crippen LogP contribution in [0.3, 0.4) is 0 Å². The van der Waals surface area contributed by atoms with Crippen LogP contribution in [0.4, 0.5) is 11.4 Å². The fourth-order valence-corrected chi connectivity index (χ4v) is 12.6. The largest absolute Gasteiger partial charge is 1.00 e. The maximum Gasteiger partial charge on any atom is 1.00 e. The van der Waals surface area contributed by atoms with E-state index in [0.29, 0.717) is 27.0 Å². The van der Waals surface area contributed by atoms with E-state index in [0.717, 1.165) is 0 Å². The first-order valence-corrected chi connectivity index (χ1v) is 30.9. The minimum atomic E-state index is -2.21. The Bertz CT molecular complexity index is 2400. The van der Waals surface area contributed by atoms with Crippen molar-refractivity contribution in [2.45, 2.75) is 221 Å². The SMILES string of the molecule is O=C([O-])Cc1ccccc1Nc1c(Cl)cccc1Cl.OC[C@H]1O[C@@H]2O[C@H]3[C@H](O)[C@@H](O)[C@@H](O[C@H]4[C@H](O)[C@@H](O)[C@@H](O[C@H]5[C@H](O)[C@@H](O)[C@@H](O[C@H]6[C@H](O)[C@@H](O)[C@@H](O[C@H]7[C@H](O)[C@@H](O)[C@@H](O[C@H]8[C@H](O)[C@@H](O)[C@@H](O[C@H]1[C@H](O)[C@H]2O)O[C@@H]8CO)O[C@@H]7CO)O[C@@H]6CO)O[C@@H]5CO)O[C@@H]4CO)O[C@@H]3CO.[Na+]. The molecule has 35 atom stereocenters. The van der Waals surface area contributed by atoms with E-state index >= 15 is 0 Å². The topological polar surface area (TPSA) is 606 Å². The van der Waals surface area contributed by atoms with E-state index in [1.165, 1.54) is 0 Å². The molecule has 2 aromatic carbocycles. The van der Waals surface area contributed by atoms with E-state index in [2.05, 4.69) is 5.32 Å². The van der Waals surface area contributed by atoms with Crippen LogP contribution in [0, 0.1) is 0 Å². The number of nitrogens with one attached hydrogen (secondary N) is 1. The molecule has 14 bridgehead atoms. The fraction of sp³-hybridized carbons (Fsp3) is 0.768. The second kappa shape index (κ2) is 35.6. The maximum absolute atomic E-state index is 11.3. The molecule has 0 saturated carbocycles. The molecule has 0 unspecified atom stereocenters. The Labute approximate surface area is 581 Å². The molecule has 0 aromatic heterocycles. The monoisotopic (exact) mass is 1450 g/mol. The standard InChI is InChI=1S/C42H70O35.C14H11Cl2NO2.Na/c43-1-8-29-15(50)22(57)36(64-8)72-30-9(2-44)66-38(24(59)17(30)52)74-32-11(4-46)68-40(26(61)19(32)54)76-34-13(6-48)70-42(28(63)21(34)56)77-35-14(7-49)69-41(27(62)20(35)55)75-33-12(5-47)67-39(25(60)18(33)53)73-31-10(3-45)65-37(71-29)23(58)16(31)51;15-10-5-3-6-11(16)14(10)17-12-7-2-1-4-9(12)8-13(18)19;/h8-63H,1-7H2;1-7,17H,8H2,(H,18,19);/q;;+1/p-1/t8-,9-,10-,11-,12-,13-,14-,15-,16-,17-,18-,19-,20-,21-,22-,23-,24-,25-,26-,27-,28-,29-,30-,31-,32-,33-,34-,35-,36-,37-,38-,39-,40-,41-,42-;;/m1../s1. The molecule has 0 spiro atoms. The average molecular weight is 1450 g/mol. The third kappa shape index (κ3) is 17.5. The van der Waals surface area contributed by atoms with Gasteiger partial charge in [-0.25, -0.2) is 0 Å². The Kier molecular flexibility index (Phi) is 29.6. The van der Waals surface area contributed by atoms with Crippen LogP contribution in [0.2, 0.25) is 10.0 Å². The summed E-state index contributed by atoms with van der Waals surface area (Å²) in [6.45, 7) is -7.33. The summed E-state index contributed by atoms with van der Waals surface area (Å²) in [6, 6.07) is 12.2. The van der Waals surface area contributed by atoms with Gasteiger partial charge in [-0.1, -0.05) is 47.5 Å². The number of halogens is 2. The molecule has 21 heterocycles. The van der Waals surface area contributed by atoms with Crippen LogP contribution in [-0.4, -0.2) is 374 Å². The summed E-state index contributed by atoms with van der Waals surface area (Å²) in [5.41, 5.74) is 1.80. The minimum Gasteiger partial charge on any atom is -0.550 e. The number of aliphatic carboxylic acids is 1. The van der Waals surface area contributed by atoms with Crippen molar-refractivity contribution in [2.75, 3.05) is 51.6 Å². The number of para-hydroxylation sites is 2. The maximum atomic E-state index is 11.3. The Morgan fingerprint density at radius 3 is 0.732 bits per heavy atom. The number of anilines is 2. The summed E-state index contributed by atoms with van der Waals surface area (Å²) in [7, 11) is 0. The fourth-order valence-electron chi connectivity index (χ4n) is 12.1. The molecule has 21 aliphatic heterocycles. The van der Waals surface area contributed by atoms with Gasteiger partial charge in [-0.15, -0.1) is 0 Å². The van der Waals surface area contributed by atoms with Crippen LogP contribution >= 0.6 is 23.2 Å². The van der Waals surface area contributed by atoms with Gasteiger partial charge in [0.15, 0.2) is 44.0 Å². The van der Waals surface area contributed by atoms with Crippen LogP contribution in [0.15, 0.2) is 42.5 Å². The number of hydrogen-bond acceptors (Lipinski definition) is 38. The van der Waals surface area contributed by atoms with Crippen LogP contribution in [0.5, 0.6) is 0 Å². The van der Waals surface area contributed by atoms with Crippen molar-refractivity contribution < 1.29 is 213 Å². The molecule has 0 amide bonds. The molecule has 22 N–H and O–H groups in total. The Balaban J connectivity index is 0.000000515. The normalized spacial score (nSPS) is 45.9. The first-order valence-electron chi connectivity index (χ1n) is 30.2. The number of benzene rings is 2. The van der Waals surface area contributed by atoms with Crippen LogP contribution < -0.4 is 40.0 Å². The molecule has 41 heteroatoms. The zero-order valence-corrected chi connectivity index (χ0v) is 54.6. The number of carboxylic acids is 1. The smallest absolute Gasteiger partial charge is 0.550 e. The van der Waals surface area contributed by atoms with Gasteiger partial charge in [0.25, 0.3) is 0 Å². The number of aliphatic hydroxyl groups is 21. The molecule has 546 valence electrons. The summed E-state index contributed by atoms with van der Waals surface area (Å²) in [5, 5.41) is 245. The van der Waals surface area contributed by atoms with Crippen molar-refractivity contribution in [1.82, 2.24) is 0 Å². The number of rotatable bonds is 11. The molecule has 21 aliphatic rings. The van der Waals surface area contributed by atoms with Gasteiger partial charge in [0.05, 0.1) is 62.0 Å². The van der Waals surface area contributed by atoms with Crippen molar-refractivity contribution in [3.63, 3.8) is 0 Å². The van der Waals surface area contributed by atoms with E-state index in [-0.39, 0.29) is 36.0 Å². The van der Waals surface area contributed by atoms with Crippen molar-refractivity contribution in [3.8, 4) is 0 Å². The van der Waals surface area contributed by atoms with Gasteiger partial charge in [-0.05, 0) is 23.8 Å². The minimum absolute atomic E-state index is 0. The van der Waals surface area contributed by atoms with Crippen molar-refractivity contribution in [1.29, 1.82) is 0 Å². The van der Waals surface area contributed by atoms with Crippen molar-refractivity contribution >= 4 is 40.5 Å². The zero-order valence-electron chi connectivity index (χ0n) is 51.1. The molecule has 97 heavy (non-hydrogen) atoms. The van der Waals surface area contributed by atoms with Crippen molar-refractivity contribution in [2.24, 2.45) is 0 Å². The first-order chi connectivity index (χ1) is 45.7. The Morgan fingerprint density at radius 2 is 0.536 bits per heavy atom. The van der Waals surface area contributed by atoms with Crippen LogP contribution in [-0.2, 0) is 77.5 Å². The second-order valence-corrected chi connectivity index (χ2v) is 24.4. The van der Waals surface area contributed by atoms with E-state index in [4.69, 9.17) is 89.5 Å². The van der Waals surface area contributed by atoms with E-state index in [9.17, 15) is 117 Å². The zero-order chi connectivity index (χ0) is 69.9. The van der Waals surface area contributed by atoms with Gasteiger partial charge >= 0.3 is 29.6 Å². The van der Waals surface area contributed by atoms with E-state index in [1.807, 2.05) is 0 Å². The van der Waals surface area contributed by atoms with Gasteiger partial charge in [0.2, 0.25) is 0 Å². The van der Waals surface area contributed by atoms with Gasteiger partial charge in [0.1, 0.15) is 171 Å². The number of carboxylic acid groups (broad SMARTS) is 1. The Morgan fingerprint density at radius 1 is 0.330 bits per heavy atom. The summed E-state index contributed by atoms with van der Waals surface area (Å²) in [6.07, 6.45) is -70.4. The van der Waals surface area contributed by atoms with E-state index in [1.54, 1.807) is 42.5 Å². The summed E-state index contributed by atoms with van der Waals surface area (Å²) < 4.78 is 79.5. The predicted octanol–water partition coefficient (Wildman–Crippen LogP) is -15.2. The third-order valence-corrected chi connectivity index (χ3v) is 18.0. The number of carbonyl (C=O) groups excluding carboxylic acids is 1. The number of aliphatic hydroxyl groups excluding tert-OH is 21. The Hall–Kier alpha value is -2.11. The quantitative estimate of drug-likeness (QED) is 0.0929. The molecule has 21 saturated heterocycles. The summed E-state index contributed by atoms with van der Waals surface area (Å²) in [4.78, 5) is 10.7. The molecular formula is C56H80Cl2NNaO37.